The molecule has 0 unspecified atom stereocenters. The van der Waals surface area contributed by atoms with E-state index in [0.29, 0.717) is 6.32 Å². The number of Topliss-reactive ketones (excluding diaryl/α,β-unsaturated/α-hetero) is 1. The minimum atomic E-state index is 0.240. The smallest absolute Gasteiger partial charge is 0.155 e. The fourth-order valence-electron chi connectivity index (χ4n) is 4.22. The predicted octanol–water partition coefficient (Wildman–Crippen LogP) is 4.43. The van der Waals surface area contributed by atoms with E-state index in [2.05, 4.69) is 30.8 Å². The minimum Gasteiger partial charge on any atom is -0.295 e. The molecule has 0 aliphatic heterocycles. The number of aryl methyl sites for hydroxylation is 3. The summed E-state index contributed by atoms with van der Waals surface area (Å²) in [5, 5.41) is 0. The molecule has 0 aromatic heterocycles. The van der Waals surface area contributed by atoms with Gasteiger partial charge in [0.2, 0.25) is 0 Å². The van der Waals surface area contributed by atoms with Crippen LogP contribution in [0.5, 0.6) is 0 Å². The van der Waals surface area contributed by atoms with Crippen molar-refractivity contribution in [1.82, 2.24) is 0 Å². The maximum atomic E-state index is 12.0. The molecule has 0 spiro atoms. The summed E-state index contributed by atoms with van der Waals surface area (Å²) in [6.45, 7) is 4.28. The van der Waals surface area contributed by atoms with Crippen molar-refractivity contribution >= 4 is 19.2 Å². The lowest BCUT2D eigenvalue weighted by Gasteiger charge is -2.21. The lowest BCUT2D eigenvalue weighted by atomic mass is 9.83. The average molecular weight is 314 g/mol. The van der Waals surface area contributed by atoms with Crippen LogP contribution in [0.15, 0.2) is 36.9 Å². The molecule has 0 atom stereocenters. The van der Waals surface area contributed by atoms with Gasteiger partial charge in [0, 0.05) is 5.56 Å². The first-order valence-corrected chi connectivity index (χ1v) is 9.18. The molecule has 2 aromatic rings. The molecule has 0 saturated carbocycles. The minimum absolute atomic E-state index is 0.240. The first-order valence-electron chi connectivity index (χ1n) is 9.18. The Balaban J connectivity index is 1.86. The largest absolute Gasteiger partial charge is 0.295 e. The number of carbonyl (C=O) groups is 1. The van der Waals surface area contributed by atoms with Gasteiger partial charge >= 0.3 is 0 Å². The SMILES string of the molecule is BCC(=O)c1ccc2c(c1)CCCc1cc3c(cc1-2)CCCC3=C. The number of allylic oxidation sites excluding steroid dienone is 1. The normalized spacial score (nSPS) is 15.9. The summed E-state index contributed by atoms with van der Waals surface area (Å²) in [6.07, 6.45) is 7.39. The van der Waals surface area contributed by atoms with Gasteiger partial charge in [-0.3, -0.25) is 4.79 Å². The summed E-state index contributed by atoms with van der Waals surface area (Å²) < 4.78 is 0. The van der Waals surface area contributed by atoms with Crippen molar-refractivity contribution in [1.29, 1.82) is 0 Å². The molecule has 2 aromatic carbocycles. The van der Waals surface area contributed by atoms with Gasteiger partial charge in [-0.2, -0.15) is 0 Å². The van der Waals surface area contributed by atoms with Crippen LogP contribution in [0, 0.1) is 0 Å². The molecule has 0 saturated heterocycles. The van der Waals surface area contributed by atoms with E-state index in [-0.39, 0.29) is 5.78 Å². The van der Waals surface area contributed by atoms with Gasteiger partial charge in [0.05, 0.1) is 0 Å². The summed E-state index contributed by atoms with van der Waals surface area (Å²) in [5.41, 5.74) is 10.5. The molecule has 2 aliphatic rings. The van der Waals surface area contributed by atoms with Crippen LogP contribution in [-0.4, -0.2) is 13.6 Å². The Labute approximate surface area is 145 Å². The first-order chi connectivity index (χ1) is 11.7. The number of carbonyl (C=O) groups excluding carboxylic acids is 1. The molecule has 120 valence electrons. The standard InChI is InChI=1S/C22H23BO/c1-14-4-2-5-16-12-21-17(11-20(14)16)7-3-6-15-10-18(22(24)13-23)8-9-19(15)21/h8-12H,1-7,13,23H2. The average Bonchev–Trinajstić information content (AvgIpc) is 2.78. The van der Waals surface area contributed by atoms with Crippen molar-refractivity contribution in [2.45, 2.75) is 44.8 Å². The van der Waals surface area contributed by atoms with Crippen LogP contribution < -0.4 is 0 Å². The fourth-order valence-corrected chi connectivity index (χ4v) is 4.22. The zero-order chi connectivity index (χ0) is 16.7. The summed E-state index contributed by atoms with van der Waals surface area (Å²) in [4.78, 5) is 12.0. The molecule has 0 N–H and O–H groups in total. The number of hydrogen-bond donors (Lipinski definition) is 0. The van der Waals surface area contributed by atoms with E-state index >= 15 is 0 Å². The van der Waals surface area contributed by atoms with E-state index in [4.69, 9.17) is 0 Å². The van der Waals surface area contributed by atoms with Gasteiger partial charge in [-0.15, -0.1) is 0 Å². The molecule has 0 amide bonds. The molecule has 2 heteroatoms. The van der Waals surface area contributed by atoms with Crippen LogP contribution in [0.2, 0.25) is 6.32 Å². The Hall–Kier alpha value is -2.09. The van der Waals surface area contributed by atoms with Gasteiger partial charge < -0.3 is 0 Å². The molecule has 0 heterocycles. The Bertz CT molecular complexity index is 847. The van der Waals surface area contributed by atoms with Gasteiger partial charge in [-0.25, -0.2) is 0 Å². The number of benzene rings is 2. The summed E-state index contributed by atoms with van der Waals surface area (Å²) in [6, 6.07) is 11.1. The van der Waals surface area contributed by atoms with Crippen LogP contribution in [0.1, 0.15) is 51.9 Å². The van der Waals surface area contributed by atoms with Crippen molar-refractivity contribution in [2.75, 3.05) is 0 Å². The van der Waals surface area contributed by atoms with E-state index in [0.717, 1.165) is 37.7 Å². The third kappa shape index (κ3) is 2.54. The van der Waals surface area contributed by atoms with Crippen LogP contribution in [0.25, 0.3) is 16.7 Å². The Morgan fingerprint density at radius 3 is 2.25 bits per heavy atom. The Morgan fingerprint density at radius 2 is 1.50 bits per heavy atom. The van der Waals surface area contributed by atoms with Crippen LogP contribution >= 0.6 is 0 Å². The highest BCUT2D eigenvalue weighted by Crippen LogP contribution is 2.39. The number of hydrogen-bond acceptors (Lipinski definition) is 1. The van der Waals surface area contributed by atoms with Crippen molar-refractivity contribution in [3.63, 3.8) is 0 Å². The molecule has 0 fully saturated rings. The maximum Gasteiger partial charge on any atom is 0.155 e. The number of fused-ring (bicyclic) bond motifs is 4. The third-order valence-electron chi connectivity index (χ3n) is 5.57. The highest BCUT2D eigenvalue weighted by molar-refractivity contribution is 6.24. The molecule has 2 aliphatic carbocycles. The van der Waals surface area contributed by atoms with Gasteiger partial charge in [-0.05, 0) is 89.9 Å². The molecule has 4 rings (SSSR count). The Kier molecular flexibility index (Phi) is 3.92. The fraction of sp³-hybridized carbons (Fsp3) is 0.318. The van der Waals surface area contributed by atoms with Crippen molar-refractivity contribution in [3.05, 3.63) is 64.7 Å². The van der Waals surface area contributed by atoms with Crippen LogP contribution in [-0.2, 0) is 19.3 Å². The zero-order valence-electron chi connectivity index (χ0n) is 14.5. The van der Waals surface area contributed by atoms with E-state index in [1.54, 1.807) is 0 Å². The maximum absolute atomic E-state index is 12.0. The quantitative estimate of drug-likeness (QED) is 0.592. The van der Waals surface area contributed by atoms with Gasteiger partial charge in [0.15, 0.2) is 5.78 Å². The second-order valence-corrected chi connectivity index (χ2v) is 7.13. The van der Waals surface area contributed by atoms with Gasteiger partial charge in [0.1, 0.15) is 7.85 Å². The molecule has 0 radical (unpaired) electrons. The second kappa shape index (κ2) is 6.09. The third-order valence-corrected chi connectivity index (χ3v) is 5.57. The molecule has 24 heavy (non-hydrogen) atoms. The summed E-state index contributed by atoms with van der Waals surface area (Å²) >= 11 is 0. The molecule has 1 nitrogen and oxygen atoms in total. The Morgan fingerprint density at radius 1 is 0.875 bits per heavy atom. The lowest BCUT2D eigenvalue weighted by molar-refractivity contribution is 0.101. The van der Waals surface area contributed by atoms with Crippen LogP contribution in [0.3, 0.4) is 0 Å². The summed E-state index contributed by atoms with van der Waals surface area (Å²) in [5.74, 6) is 0.240. The first kappa shape index (κ1) is 15.4. The number of rotatable bonds is 2. The highest BCUT2D eigenvalue weighted by atomic mass is 16.1. The second-order valence-electron chi connectivity index (χ2n) is 7.13. The summed E-state index contributed by atoms with van der Waals surface area (Å²) in [7, 11) is 1.93. The van der Waals surface area contributed by atoms with E-state index in [1.165, 1.54) is 45.4 Å². The monoisotopic (exact) mass is 314 g/mol. The lowest BCUT2D eigenvalue weighted by Crippen LogP contribution is -2.04. The van der Waals surface area contributed by atoms with E-state index in [1.807, 2.05) is 13.9 Å². The highest BCUT2D eigenvalue weighted by Gasteiger charge is 2.20. The zero-order valence-corrected chi connectivity index (χ0v) is 14.5. The topological polar surface area (TPSA) is 17.1 Å². The van der Waals surface area contributed by atoms with E-state index < -0.39 is 0 Å². The predicted molar refractivity (Wildman–Crippen MR) is 104 cm³/mol. The number of ketones is 1. The molecular weight excluding hydrogens is 291 g/mol. The van der Waals surface area contributed by atoms with Crippen molar-refractivity contribution in [3.8, 4) is 11.1 Å². The molecular formula is C22H23BO. The molecule has 0 bridgehead atoms. The van der Waals surface area contributed by atoms with Gasteiger partial charge in [0.25, 0.3) is 0 Å². The van der Waals surface area contributed by atoms with Crippen LogP contribution in [0.4, 0.5) is 0 Å². The van der Waals surface area contributed by atoms with E-state index in [9.17, 15) is 4.79 Å². The van der Waals surface area contributed by atoms with Gasteiger partial charge in [-0.1, -0.05) is 30.8 Å². The van der Waals surface area contributed by atoms with Crippen molar-refractivity contribution < 1.29 is 4.79 Å². The van der Waals surface area contributed by atoms with Crippen molar-refractivity contribution in [2.24, 2.45) is 0 Å².